The number of fused-ring (bicyclic) bond motifs is 5. The van der Waals surface area contributed by atoms with Crippen LogP contribution in [0, 0.1) is 36.0 Å². The second-order valence-electron chi connectivity index (χ2n) is 18.5. The summed E-state index contributed by atoms with van der Waals surface area (Å²) in [5, 5.41) is 3.97. The van der Waals surface area contributed by atoms with Gasteiger partial charge in [0.15, 0.2) is 5.78 Å². The first kappa shape index (κ1) is 41.0. The van der Waals surface area contributed by atoms with Crippen LogP contribution in [-0.2, 0) is 30.8 Å². The van der Waals surface area contributed by atoms with Gasteiger partial charge in [0, 0.05) is 29.5 Å². The van der Waals surface area contributed by atoms with Gasteiger partial charge < -0.3 is 14.4 Å². The van der Waals surface area contributed by atoms with Crippen molar-refractivity contribution in [2.24, 2.45) is 29.1 Å². The molecule has 4 aromatic rings. The van der Waals surface area contributed by atoms with Crippen LogP contribution in [0.15, 0.2) is 53.9 Å². The lowest BCUT2D eigenvalue weighted by molar-refractivity contribution is -0.142. The highest BCUT2D eigenvalue weighted by atomic mass is 32.2. The Hall–Kier alpha value is -4.36. The number of rotatable bonds is 10. The first-order valence-corrected chi connectivity index (χ1v) is 24.3. The van der Waals surface area contributed by atoms with E-state index in [4.69, 9.17) is 19.4 Å². The number of carbonyl (C=O) groups excluding carboxylic acids is 3. The molecule has 60 heavy (non-hydrogen) atoms. The standard InChI is InChI=1S/C47H56N4O7S2/c1-27(2)39-26-59-44(49-39)38-22-35-28(3)42(57-4)18-17-34(35)43(48-38)58-32-21-40-41(52)24-47(46(54)50-60(55,56)33-15-16-33)23-37(47)36-20-30(36)13-9-6-10-14-31(45(53)51(40)25-32)19-29-11-7-5-8-12-29/h5,7-8,11-12,17-18,22,26-27,30-33,36-37,40H,6,9-10,13-16,19-21,23-25H2,1-4H3,(H,50,54)/t30?,31-,32-,36?,37-,40+,47-/m1/s1. The summed E-state index contributed by atoms with van der Waals surface area (Å²) < 4.78 is 41.2. The summed E-state index contributed by atoms with van der Waals surface area (Å²) in [6.45, 7) is 6.40. The summed E-state index contributed by atoms with van der Waals surface area (Å²) in [6, 6.07) is 15.1. The van der Waals surface area contributed by atoms with E-state index >= 15 is 0 Å². The van der Waals surface area contributed by atoms with E-state index in [1.54, 1.807) is 12.0 Å². The van der Waals surface area contributed by atoms with Crippen molar-refractivity contribution in [2.45, 2.75) is 121 Å². The van der Waals surface area contributed by atoms with Gasteiger partial charge in [0.2, 0.25) is 27.7 Å². The maximum Gasteiger partial charge on any atom is 0.240 e. The number of aromatic nitrogens is 2. The monoisotopic (exact) mass is 852 g/mol. The topological polar surface area (TPSA) is 145 Å². The number of thiazole rings is 1. The van der Waals surface area contributed by atoms with Crippen LogP contribution in [0.2, 0.25) is 0 Å². The molecule has 4 heterocycles. The van der Waals surface area contributed by atoms with E-state index in [0.29, 0.717) is 55.5 Å². The average molecular weight is 853 g/mol. The minimum absolute atomic E-state index is 0.0463. The van der Waals surface area contributed by atoms with Crippen LogP contribution in [0.4, 0.5) is 0 Å². The van der Waals surface area contributed by atoms with Gasteiger partial charge in [-0.3, -0.25) is 19.1 Å². The molecule has 2 unspecified atom stereocenters. The van der Waals surface area contributed by atoms with E-state index in [9.17, 15) is 22.8 Å². The average Bonchev–Trinajstić information content (AvgIpc) is 4.19. The summed E-state index contributed by atoms with van der Waals surface area (Å²) in [5.74, 6) is 0.945. The van der Waals surface area contributed by atoms with E-state index in [0.717, 1.165) is 70.5 Å². The molecule has 7 atom stereocenters. The predicted molar refractivity (Wildman–Crippen MR) is 231 cm³/mol. The Morgan fingerprint density at radius 2 is 1.78 bits per heavy atom. The summed E-state index contributed by atoms with van der Waals surface area (Å²) in [4.78, 5) is 55.8. The number of ether oxygens (including phenoxy) is 2. The minimum atomic E-state index is -3.81. The van der Waals surface area contributed by atoms with Gasteiger partial charge in [0.1, 0.15) is 22.6 Å². The first-order valence-electron chi connectivity index (χ1n) is 21.9. The zero-order valence-corrected chi connectivity index (χ0v) is 36.7. The van der Waals surface area contributed by atoms with Gasteiger partial charge in [0.25, 0.3) is 0 Å². The van der Waals surface area contributed by atoms with E-state index in [2.05, 4.69) is 23.9 Å². The molecule has 2 amide bonds. The molecule has 318 valence electrons. The molecule has 0 bridgehead atoms. The lowest BCUT2D eigenvalue weighted by atomic mass is 9.89. The number of carbonyl (C=O) groups is 3. The maximum absolute atomic E-state index is 15.0. The molecule has 1 N–H and O–H groups in total. The van der Waals surface area contributed by atoms with E-state index in [1.807, 2.05) is 55.5 Å². The Morgan fingerprint density at radius 1 is 1.00 bits per heavy atom. The normalized spacial score (nSPS) is 28.3. The second kappa shape index (κ2) is 16.2. The number of amides is 2. The summed E-state index contributed by atoms with van der Waals surface area (Å²) in [6.07, 6.45) is 7.40. The number of methoxy groups -OCH3 is 1. The van der Waals surface area contributed by atoms with E-state index in [1.165, 1.54) is 11.3 Å². The highest BCUT2D eigenvalue weighted by Gasteiger charge is 2.68. The second-order valence-corrected chi connectivity index (χ2v) is 21.3. The maximum atomic E-state index is 15.0. The third-order valence-electron chi connectivity index (χ3n) is 14.0. The summed E-state index contributed by atoms with van der Waals surface area (Å²) in [7, 11) is -2.16. The summed E-state index contributed by atoms with van der Waals surface area (Å²) >= 11 is 1.53. The molecule has 2 aromatic carbocycles. The van der Waals surface area contributed by atoms with Crippen LogP contribution in [0.25, 0.3) is 21.5 Å². The number of nitrogens with one attached hydrogen (secondary N) is 1. The van der Waals surface area contributed by atoms with E-state index in [-0.39, 0.29) is 48.8 Å². The number of pyridine rings is 1. The molecule has 5 fully saturated rings. The Balaban J connectivity index is 1.07. The molecule has 13 heteroatoms. The van der Waals surface area contributed by atoms with Crippen molar-refractivity contribution in [1.29, 1.82) is 0 Å². The molecular weight excluding hydrogens is 797 g/mol. The van der Waals surface area contributed by atoms with Gasteiger partial charge in [-0.25, -0.2) is 18.4 Å². The third kappa shape index (κ3) is 8.08. The number of benzene rings is 2. The quantitative estimate of drug-likeness (QED) is 0.167. The van der Waals surface area contributed by atoms with Crippen LogP contribution in [0.1, 0.15) is 107 Å². The van der Waals surface area contributed by atoms with Crippen LogP contribution in [0.3, 0.4) is 0 Å². The number of nitrogens with zero attached hydrogens (tertiary/aromatic N) is 3. The van der Waals surface area contributed by atoms with Crippen molar-refractivity contribution < 1.29 is 32.3 Å². The smallest absolute Gasteiger partial charge is 0.240 e. The molecular formula is C47H56N4O7S2. The third-order valence-corrected chi connectivity index (χ3v) is 16.7. The van der Waals surface area contributed by atoms with Crippen molar-refractivity contribution in [3.05, 3.63) is 70.7 Å². The van der Waals surface area contributed by atoms with Crippen LogP contribution >= 0.6 is 11.3 Å². The van der Waals surface area contributed by atoms with E-state index < -0.39 is 38.7 Å². The van der Waals surface area contributed by atoms with Gasteiger partial charge in [-0.05, 0) is 104 Å². The van der Waals surface area contributed by atoms with Crippen molar-refractivity contribution in [3.8, 4) is 22.3 Å². The van der Waals surface area contributed by atoms with Gasteiger partial charge in [0.05, 0.1) is 36.1 Å². The summed E-state index contributed by atoms with van der Waals surface area (Å²) in [5.41, 5.74) is 2.55. The Labute approximate surface area is 357 Å². The molecule has 0 spiro atoms. The molecule has 3 saturated carbocycles. The Morgan fingerprint density at radius 3 is 2.52 bits per heavy atom. The SMILES string of the molecule is COc1ccc2c(O[C@@H]3C[C@H]4C(=O)C[C@]5(C(=O)NS(=O)(=O)C6CC6)C[C@@H]5C5CC5CCCCC[C@H](Cc5ccccc5)C(=O)N4C3)nc(-c3nc(C(C)C)cs3)cc2c1C. The van der Waals surface area contributed by atoms with Gasteiger partial charge >= 0.3 is 0 Å². The van der Waals surface area contributed by atoms with Crippen molar-refractivity contribution in [2.75, 3.05) is 13.7 Å². The zero-order valence-electron chi connectivity index (χ0n) is 35.0. The fourth-order valence-electron chi connectivity index (χ4n) is 10.2. The zero-order chi connectivity index (χ0) is 41.9. The molecule has 5 aliphatic rings. The van der Waals surface area contributed by atoms with Gasteiger partial charge in [-0.2, -0.15) is 0 Å². The number of aryl methyl sites for hydroxylation is 1. The lowest BCUT2D eigenvalue weighted by Crippen LogP contribution is -2.46. The highest BCUT2D eigenvalue weighted by molar-refractivity contribution is 7.90. The molecule has 2 aliphatic heterocycles. The molecule has 0 radical (unpaired) electrons. The number of sulfonamides is 1. The number of Topliss-reactive ketones (excluding diaryl/α,β-unsaturated/α-hetero) is 1. The number of hydrogen-bond acceptors (Lipinski definition) is 10. The predicted octanol–water partition coefficient (Wildman–Crippen LogP) is 8.18. The van der Waals surface area contributed by atoms with Crippen molar-refractivity contribution >= 4 is 49.7 Å². The molecule has 3 aliphatic carbocycles. The fourth-order valence-corrected chi connectivity index (χ4v) is 12.5. The van der Waals surface area contributed by atoms with Gasteiger partial charge in [-0.1, -0.05) is 69.9 Å². The van der Waals surface area contributed by atoms with Crippen molar-refractivity contribution in [1.82, 2.24) is 19.6 Å². The molecule has 11 nitrogen and oxygen atoms in total. The lowest BCUT2D eigenvalue weighted by Gasteiger charge is -2.29. The fraction of sp³-hybridized carbons (Fsp3) is 0.553. The highest BCUT2D eigenvalue weighted by Crippen LogP contribution is 2.68. The number of ketones is 1. The van der Waals surface area contributed by atoms with Gasteiger partial charge in [-0.15, -0.1) is 11.3 Å². The molecule has 2 saturated heterocycles. The molecule has 9 rings (SSSR count). The van der Waals surface area contributed by atoms with Crippen molar-refractivity contribution in [3.63, 3.8) is 0 Å². The minimum Gasteiger partial charge on any atom is -0.496 e. The van der Waals surface area contributed by atoms with Crippen LogP contribution < -0.4 is 14.2 Å². The largest absolute Gasteiger partial charge is 0.496 e. The number of hydrogen-bond donors (Lipinski definition) is 1. The van der Waals surface area contributed by atoms with Crippen LogP contribution in [-0.4, -0.2) is 71.9 Å². The molecule has 2 aromatic heterocycles. The Kier molecular flexibility index (Phi) is 11.0. The van der Waals surface area contributed by atoms with Crippen LogP contribution in [0.5, 0.6) is 11.6 Å². The Bertz CT molecular complexity index is 2410. The first-order chi connectivity index (χ1) is 28.8.